The summed E-state index contributed by atoms with van der Waals surface area (Å²) in [5.74, 6) is -0.207. The summed E-state index contributed by atoms with van der Waals surface area (Å²) in [4.78, 5) is 7.49. The third-order valence-electron chi connectivity index (χ3n) is 2.70. The predicted octanol–water partition coefficient (Wildman–Crippen LogP) is 3.60. The monoisotopic (exact) mass is 293 g/mol. The second-order valence-corrected chi connectivity index (χ2v) is 9.01. The van der Waals surface area contributed by atoms with Crippen LogP contribution in [0.5, 0.6) is 0 Å². The van der Waals surface area contributed by atoms with Gasteiger partial charge < -0.3 is 5.32 Å². The van der Waals surface area contributed by atoms with E-state index >= 15 is 0 Å². The fraction of sp³-hybridized carbons (Fsp3) is 0.600. The zero-order valence-corrected chi connectivity index (χ0v) is 12.0. The van der Waals surface area contributed by atoms with Crippen LogP contribution in [0, 0.1) is 5.82 Å². The van der Waals surface area contributed by atoms with Crippen molar-refractivity contribution in [1.29, 1.82) is 0 Å². The van der Waals surface area contributed by atoms with E-state index in [1.165, 1.54) is 12.6 Å². The van der Waals surface area contributed by atoms with E-state index in [0.717, 1.165) is 18.8 Å². The third kappa shape index (κ3) is 3.67. The Bertz CT molecular complexity index is 396. The molecule has 1 N–H and O–H groups in total. The van der Waals surface area contributed by atoms with Gasteiger partial charge in [0.15, 0.2) is 11.6 Å². The minimum atomic E-state index is -0.437. The molecule has 2 unspecified atom stereocenters. The zero-order chi connectivity index (χ0) is 12.3. The largest absolute Gasteiger partial charge is 0.364 e. The molecule has 2 atom stereocenters. The van der Waals surface area contributed by atoms with Crippen molar-refractivity contribution in [2.75, 3.05) is 23.9 Å². The molecule has 1 aromatic rings. The second-order valence-electron chi connectivity index (χ2n) is 3.89. The minimum Gasteiger partial charge on any atom is -0.364 e. The molecule has 1 aliphatic heterocycles. The first kappa shape index (κ1) is 13.3. The number of halogens is 2. The van der Waals surface area contributed by atoms with Gasteiger partial charge in [-0.3, -0.25) is 0 Å². The van der Waals surface area contributed by atoms with Crippen LogP contribution in [-0.4, -0.2) is 34.6 Å². The highest BCUT2D eigenvalue weighted by molar-refractivity contribution is 8.55. The standard InChI is InChI=1S/C10H14ClFN3PS/c1-17-16-4-2-3-7(6-16)14-9-8(12)5-13-10(11)15-9/h5,7H,2-4,6H2,1H3,(H,13,14,15). The topological polar surface area (TPSA) is 37.8 Å². The first-order chi connectivity index (χ1) is 8.19. The van der Waals surface area contributed by atoms with Gasteiger partial charge >= 0.3 is 0 Å². The maximum absolute atomic E-state index is 13.5. The molecule has 0 radical (unpaired) electrons. The molecule has 2 rings (SSSR count). The maximum atomic E-state index is 13.5. The second kappa shape index (κ2) is 6.17. The Labute approximate surface area is 110 Å². The summed E-state index contributed by atoms with van der Waals surface area (Å²) in [5, 5.41) is 3.23. The van der Waals surface area contributed by atoms with Gasteiger partial charge in [0, 0.05) is 6.04 Å². The predicted molar refractivity (Wildman–Crippen MR) is 73.8 cm³/mol. The van der Waals surface area contributed by atoms with Gasteiger partial charge in [-0.25, -0.2) is 9.37 Å². The highest BCUT2D eigenvalue weighted by atomic mass is 35.5. The molecule has 0 spiro atoms. The van der Waals surface area contributed by atoms with Gasteiger partial charge in [0.25, 0.3) is 0 Å². The molecule has 2 heterocycles. The average molecular weight is 294 g/mol. The van der Waals surface area contributed by atoms with E-state index in [4.69, 9.17) is 11.6 Å². The van der Waals surface area contributed by atoms with Crippen molar-refractivity contribution in [1.82, 2.24) is 9.97 Å². The van der Waals surface area contributed by atoms with E-state index in [-0.39, 0.29) is 18.2 Å². The maximum Gasteiger partial charge on any atom is 0.224 e. The summed E-state index contributed by atoms with van der Waals surface area (Å²) in [7, 11) is 0.0330. The quantitative estimate of drug-likeness (QED) is 0.682. The van der Waals surface area contributed by atoms with Gasteiger partial charge in [-0.2, -0.15) is 4.98 Å². The van der Waals surface area contributed by atoms with Crippen LogP contribution in [-0.2, 0) is 0 Å². The van der Waals surface area contributed by atoms with Crippen LogP contribution in [0.15, 0.2) is 6.20 Å². The number of aromatic nitrogens is 2. The zero-order valence-electron chi connectivity index (χ0n) is 9.49. The Morgan fingerprint density at radius 2 is 2.47 bits per heavy atom. The van der Waals surface area contributed by atoms with Gasteiger partial charge in [-0.15, -0.1) is 11.4 Å². The summed E-state index contributed by atoms with van der Waals surface area (Å²) in [6.07, 6.45) is 7.94. The number of nitrogens with zero attached hydrogens (tertiary/aromatic N) is 2. The van der Waals surface area contributed by atoms with Crippen molar-refractivity contribution in [3.05, 3.63) is 17.3 Å². The number of anilines is 1. The molecule has 94 valence electrons. The van der Waals surface area contributed by atoms with E-state index in [9.17, 15) is 4.39 Å². The van der Waals surface area contributed by atoms with E-state index in [2.05, 4.69) is 21.5 Å². The van der Waals surface area contributed by atoms with E-state index in [1.54, 1.807) is 0 Å². The molecule has 0 aliphatic carbocycles. The Hall–Kier alpha value is -0.120. The highest BCUT2D eigenvalue weighted by Crippen LogP contribution is 2.52. The molecule has 1 aromatic heterocycles. The van der Waals surface area contributed by atoms with E-state index in [1.807, 2.05) is 11.4 Å². The first-order valence-electron chi connectivity index (χ1n) is 5.42. The number of nitrogens with one attached hydrogen (secondary N) is 1. The van der Waals surface area contributed by atoms with Crippen molar-refractivity contribution in [2.45, 2.75) is 18.9 Å². The van der Waals surface area contributed by atoms with Crippen LogP contribution in [0.25, 0.3) is 0 Å². The molecular weight excluding hydrogens is 280 g/mol. The Balaban J connectivity index is 2.02. The molecule has 0 saturated carbocycles. The number of rotatable bonds is 3. The van der Waals surface area contributed by atoms with Crippen molar-refractivity contribution in [2.24, 2.45) is 0 Å². The third-order valence-corrected chi connectivity index (χ3v) is 7.60. The number of hydrogen-bond donors (Lipinski definition) is 1. The molecule has 1 fully saturated rings. The van der Waals surface area contributed by atoms with Gasteiger partial charge in [-0.05, 0) is 50.1 Å². The van der Waals surface area contributed by atoms with Crippen LogP contribution >= 0.6 is 30.1 Å². The first-order valence-corrected chi connectivity index (χ1v) is 9.34. The van der Waals surface area contributed by atoms with Gasteiger partial charge in [0.1, 0.15) is 0 Å². The van der Waals surface area contributed by atoms with Crippen molar-refractivity contribution < 1.29 is 4.39 Å². The lowest BCUT2D eigenvalue weighted by molar-refractivity contribution is 0.605. The van der Waals surface area contributed by atoms with Gasteiger partial charge in [0.05, 0.1) is 6.20 Å². The van der Waals surface area contributed by atoms with Crippen molar-refractivity contribution >= 4 is 35.9 Å². The molecule has 0 amide bonds. The van der Waals surface area contributed by atoms with Gasteiger partial charge in [0.2, 0.25) is 5.28 Å². The average Bonchev–Trinajstić information content (AvgIpc) is 2.34. The minimum absolute atomic E-state index is 0.0330. The highest BCUT2D eigenvalue weighted by Gasteiger charge is 2.22. The summed E-state index contributed by atoms with van der Waals surface area (Å²) in [6, 6.07) is 0.308. The summed E-state index contributed by atoms with van der Waals surface area (Å²) in [6.45, 7) is 0. The van der Waals surface area contributed by atoms with Crippen molar-refractivity contribution in [3.63, 3.8) is 0 Å². The Morgan fingerprint density at radius 1 is 1.65 bits per heavy atom. The summed E-state index contributed by atoms with van der Waals surface area (Å²) < 4.78 is 13.5. The van der Waals surface area contributed by atoms with E-state index in [0.29, 0.717) is 6.04 Å². The molecule has 17 heavy (non-hydrogen) atoms. The summed E-state index contributed by atoms with van der Waals surface area (Å²) in [5.41, 5.74) is 0. The van der Waals surface area contributed by atoms with Crippen LogP contribution in [0.4, 0.5) is 10.2 Å². The molecule has 3 nitrogen and oxygen atoms in total. The molecule has 1 saturated heterocycles. The van der Waals surface area contributed by atoms with E-state index < -0.39 is 5.82 Å². The smallest absolute Gasteiger partial charge is 0.224 e. The van der Waals surface area contributed by atoms with Crippen LogP contribution < -0.4 is 5.32 Å². The van der Waals surface area contributed by atoms with Crippen LogP contribution in [0.1, 0.15) is 12.8 Å². The van der Waals surface area contributed by atoms with Crippen LogP contribution in [0.2, 0.25) is 5.28 Å². The lowest BCUT2D eigenvalue weighted by Crippen LogP contribution is -2.27. The summed E-state index contributed by atoms with van der Waals surface area (Å²) >= 11 is 7.60. The molecule has 0 bridgehead atoms. The molecule has 0 aromatic carbocycles. The fourth-order valence-electron chi connectivity index (χ4n) is 1.87. The normalized spacial score (nSPS) is 24.6. The Kier molecular flexibility index (Phi) is 4.83. The molecule has 7 heteroatoms. The lowest BCUT2D eigenvalue weighted by Gasteiger charge is -2.29. The lowest BCUT2D eigenvalue weighted by atomic mass is 10.2. The van der Waals surface area contributed by atoms with Crippen molar-refractivity contribution in [3.8, 4) is 0 Å². The molecule has 1 aliphatic rings. The fourth-order valence-corrected chi connectivity index (χ4v) is 5.74. The molecular formula is C10H14ClFN3PS. The van der Waals surface area contributed by atoms with Gasteiger partial charge in [-0.1, -0.05) is 0 Å². The number of hydrogen-bond acceptors (Lipinski definition) is 4. The Morgan fingerprint density at radius 3 is 3.24 bits per heavy atom. The van der Waals surface area contributed by atoms with Crippen LogP contribution in [0.3, 0.4) is 0 Å². The SMILES string of the molecule is CSP1CCCC(Nc2nc(Cl)ncc2F)C1.